The van der Waals surface area contributed by atoms with E-state index >= 15 is 0 Å². The lowest BCUT2D eigenvalue weighted by molar-refractivity contribution is 0.0784. The molecule has 5 heteroatoms. The maximum atomic E-state index is 13.8. The van der Waals surface area contributed by atoms with Gasteiger partial charge in [-0.15, -0.1) is 0 Å². The molecular weight excluding hydrogens is 353 g/mol. The monoisotopic (exact) mass is 375 g/mol. The fourth-order valence-corrected chi connectivity index (χ4v) is 4.61. The molecule has 1 saturated heterocycles. The van der Waals surface area contributed by atoms with Crippen LogP contribution in [0, 0.1) is 17.7 Å². The zero-order chi connectivity index (χ0) is 19.3. The smallest absolute Gasteiger partial charge is 0.253 e. The molecule has 1 aromatic heterocycles. The van der Waals surface area contributed by atoms with Crippen LogP contribution in [0.2, 0.25) is 0 Å². The number of allylic oxidation sites excluding steroid dienone is 2. The third-order valence-corrected chi connectivity index (χ3v) is 6.10. The summed E-state index contributed by atoms with van der Waals surface area (Å²) in [5.74, 6) is 0.949. The number of likely N-dealkylation sites (tertiary alicyclic amines) is 1. The second-order valence-electron chi connectivity index (χ2n) is 7.89. The molecule has 0 N–H and O–H groups in total. The lowest BCUT2D eigenvalue weighted by Gasteiger charge is -2.17. The van der Waals surface area contributed by atoms with Gasteiger partial charge in [0.25, 0.3) is 5.91 Å². The van der Waals surface area contributed by atoms with Crippen molar-refractivity contribution in [2.24, 2.45) is 18.9 Å². The number of nitrogens with zero attached hydrogens (tertiary/aromatic N) is 3. The fourth-order valence-electron chi connectivity index (χ4n) is 4.61. The number of hydrogen-bond acceptors (Lipinski definition) is 2. The van der Waals surface area contributed by atoms with E-state index in [1.807, 2.05) is 36.2 Å². The van der Waals surface area contributed by atoms with Gasteiger partial charge in [-0.3, -0.25) is 9.48 Å². The topological polar surface area (TPSA) is 38.1 Å². The predicted octanol–water partition coefficient (Wildman–Crippen LogP) is 4.42. The summed E-state index contributed by atoms with van der Waals surface area (Å²) in [5.41, 5.74) is 3.06. The number of aromatic nitrogens is 2. The largest absolute Gasteiger partial charge is 0.338 e. The molecular formula is C23H22FN3O. The Kier molecular flexibility index (Phi) is 4.04. The molecule has 1 aliphatic heterocycles. The van der Waals surface area contributed by atoms with Crippen LogP contribution in [0.4, 0.5) is 4.39 Å². The van der Waals surface area contributed by atoms with Crippen molar-refractivity contribution in [3.63, 3.8) is 0 Å². The van der Waals surface area contributed by atoms with Crippen LogP contribution < -0.4 is 0 Å². The van der Waals surface area contributed by atoms with Crippen LogP contribution in [-0.4, -0.2) is 33.7 Å². The summed E-state index contributed by atoms with van der Waals surface area (Å²) in [6.45, 7) is 1.66. The number of fused-ring (bicyclic) bond motifs is 2. The third kappa shape index (κ3) is 2.82. The first-order valence-electron chi connectivity index (χ1n) is 9.77. The van der Waals surface area contributed by atoms with Crippen LogP contribution in [-0.2, 0) is 7.05 Å². The van der Waals surface area contributed by atoms with Crippen LogP contribution in [0.25, 0.3) is 22.2 Å². The van der Waals surface area contributed by atoms with E-state index in [2.05, 4.69) is 17.3 Å². The highest BCUT2D eigenvalue weighted by molar-refractivity contribution is 5.98. The van der Waals surface area contributed by atoms with Crippen molar-refractivity contribution in [2.45, 2.75) is 12.8 Å². The molecule has 3 aromatic rings. The molecule has 2 aliphatic rings. The summed E-state index contributed by atoms with van der Waals surface area (Å²) in [5, 5.41) is 5.33. The second-order valence-corrected chi connectivity index (χ2v) is 7.89. The van der Waals surface area contributed by atoms with Gasteiger partial charge in [0.2, 0.25) is 0 Å². The van der Waals surface area contributed by atoms with Crippen LogP contribution in [0.3, 0.4) is 0 Å². The molecule has 28 heavy (non-hydrogen) atoms. The van der Waals surface area contributed by atoms with Gasteiger partial charge in [0.15, 0.2) is 0 Å². The zero-order valence-electron chi connectivity index (χ0n) is 15.8. The Hall–Kier alpha value is -2.95. The molecule has 2 atom stereocenters. The zero-order valence-corrected chi connectivity index (χ0v) is 15.8. The Morgan fingerprint density at radius 3 is 2.57 bits per heavy atom. The molecule has 0 saturated carbocycles. The first kappa shape index (κ1) is 17.2. The molecule has 1 fully saturated rings. The van der Waals surface area contributed by atoms with Gasteiger partial charge < -0.3 is 4.90 Å². The van der Waals surface area contributed by atoms with Crippen LogP contribution in [0.5, 0.6) is 0 Å². The van der Waals surface area contributed by atoms with Crippen molar-refractivity contribution >= 4 is 16.8 Å². The lowest BCUT2D eigenvalue weighted by atomic mass is 9.86. The van der Waals surface area contributed by atoms with Crippen molar-refractivity contribution in [3.8, 4) is 11.3 Å². The number of benzene rings is 2. The number of hydrogen-bond donors (Lipinski definition) is 0. The molecule has 1 aliphatic carbocycles. The second kappa shape index (κ2) is 6.59. The van der Waals surface area contributed by atoms with Gasteiger partial charge in [0.1, 0.15) is 11.5 Å². The predicted molar refractivity (Wildman–Crippen MR) is 107 cm³/mol. The van der Waals surface area contributed by atoms with Crippen molar-refractivity contribution < 1.29 is 9.18 Å². The van der Waals surface area contributed by atoms with Crippen molar-refractivity contribution in [1.82, 2.24) is 14.7 Å². The summed E-state index contributed by atoms with van der Waals surface area (Å²) in [6.07, 6.45) is 6.61. The SMILES string of the molecule is Cn1nc(-c2cccc(C(=O)N3C[C@H]4CC=CC[C@H]4C3)c2)c2cc(F)ccc21. The van der Waals surface area contributed by atoms with Crippen LogP contribution >= 0.6 is 0 Å². The number of carbonyl (C=O) groups excluding carboxylic acids is 1. The van der Waals surface area contributed by atoms with E-state index in [0.717, 1.165) is 42.4 Å². The highest BCUT2D eigenvalue weighted by Gasteiger charge is 2.35. The molecule has 0 radical (unpaired) electrons. The van der Waals surface area contributed by atoms with Gasteiger partial charge in [-0.2, -0.15) is 5.10 Å². The molecule has 4 nitrogen and oxygen atoms in total. The average Bonchev–Trinajstić information content (AvgIpc) is 3.28. The minimum Gasteiger partial charge on any atom is -0.338 e. The van der Waals surface area contributed by atoms with Crippen molar-refractivity contribution in [1.29, 1.82) is 0 Å². The summed E-state index contributed by atoms with van der Waals surface area (Å²) >= 11 is 0. The molecule has 0 spiro atoms. The Labute approximate surface area is 163 Å². The van der Waals surface area contributed by atoms with Gasteiger partial charge in [-0.05, 0) is 55.0 Å². The van der Waals surface area contributed by atoms with E-state index in [0.29, 0.717) is 23.1 Å². The molecule has 2 heterocycles. The Morgan fingerprint density at radius 2 is 1.82 bits per heavy atom. The van der Waals surface area contributed by atoms with Gasteiger partial charge in [0.05, 0.1) is 5.52 Å². The van der Waals surface area contributed by atoms with Crippen LogP contribution in [0.1, 0.15) is 23.2 Å². The molecule has 1 amide bonds. The number of rotatable bonds is 2. The number of halogens is 1. The van der Waals surface area contributed by atoms with E-state index in [1.54, 1.807) is 10.7 Å². The molecule has 2 aromatic carbocycles. The quantitative estimate of drug-likeness (QED) is 0.622. The highest BCUT2D eigenvalue weighted by Crippen LogP contribution is 2.34. The number of amides is 1. The minimum atomic E-state index is -0.290. The average molecular weight is 375 g/mol. The van der Waals surface area contributed by atoms with E-state index < -0.39 is 0 Å². The van der Waals surface area contributed by atoms with Crippen molar-refractivity contribution in [3.05, 3.63) is 66.0 Å². The first-order chi connectivity index (χ1) is 13.6. The third-order valence-electron chi connectivity index (χ3n) is 6.10. The van der Waals surface area contributed by atoms with Crippen molar-refractivity contribution in [2.75, 3.05) is 13.1 Å². The standard InChI is InChI=1S/C23H22FN3O/c1-26-21-10-9-19(24)12-20(21)22(25-26)15-7-4-8-16(11-15)23(28)27-13-17-5-2-3-6-18(17)14-27/h2-4,7-12,17-18H,5-6,13-14H2,1H3/t17-,18+. The minimum absolute atomic E-state index is 0.0719. The normalized spacial score (nSPS) is 21.3. The molecule has 5 rings (SSSR count). The first-order valence-corrected chi connectivity index (χ1v) is 9.77. The lowest BCUT2D eigenvalue weighted by Crippen LogP contribution is -2.29. The van der Waals surface area contributed by atoms with Gasteiger partial charge in [0, 0.05) is 36.7 Å². The highest BCUT2D eigenvalue weighted by atomic mass is 19.1. The number of aryl methyl sites for hydroxylation is 1. The maximum Gasteiger partial charge on any atom is 0.253 e. The Balaban J connectivity index is 1.48. The van der Waals surface area contributed by atoms with Gasteiger partial charge >= 0.3 is 0 Å². The number of carbonyl (C=O) groups is 1. The molecule has 0 bridgehead atoms. The summed E-state index contributed by atoms with van der Waals surface area (Å²) < 4.78 is 15.5. The van der Waals surface area contributed by atoms with Gasteiger partial charge in [-0.25, -0.2) is 4.39 Å². The fraction of sp³-hybridized carbons (Fsp3) is 0.304. The Bertz CT molecular complexity index is 1080. The van der Waals surface area contributed by atoms with E-state index in [4.69, 9.17) is 0 Å². The Morgan fingerprint density at radius 1 is 1.07 bits per heavy atom. The van der Waals surface area contributed by atoms with E-state index in [1.165, 1.54) is 12.1 Å². The maximum absolute atomic E-state index is 13.8. The van der Waals surface area contributed by atoms with Crippen LogP contribution in [0.15, 0.2) is 54.6 Å². The molecule has 142 valence electrons. The van der Waals surface area contributed by atoms with E-state index in [9.17, 15) is 9.18 Å². The molecule has 0 unspecified atom stereocenters. The van der Waals surface area contributed by atoms with E-state index in [-0.39, 0.29) is 11.7 Å². The summed E-state index contributed by atoms with van der Waals surface area (Å²) in [7, 11) is 1.85. The summed E-state index contributed by atoms with van der Waals surface area (Å²) in [4.78, 5) is 15.1. The summed E-state index contributed by atoms with van der Waals surface area (Å²) in [6, 6.07) is 12.2. The van der Waals surface area contributed by atoms with Gasteiger partial charge in [-0.1, -0.05) is 24.3 Å².